The summed E-state index contributed by atoms with van der Waals surface area (Å²) in [6.07, 6.45) is 3.43. The summed E-state index contributed by atoms with van der Waals surface area (Å²) in [6, 6.07) is 4.11. The van der Waals surface area contributed by atoms with Gasteiger partial charge in [-0.1, -0.05) is 6.42 Å². The fraction of sp³-hybridized carbons (Fsp3) is 0.389. The molecule has 0 bridgehead atoms. The van der Waals surface area contributed by atoms with Crippen molar-refractivity contribution in [3.05, 3.63) is 34.2 Å². The fourth-order valence-corrected chi connectivity index (χ4v) is 3.06. The normalized spacial score (nSPS) is 14.8. The van der Waals surface area contributed by atoms with E-state index in [2.05, 4.69) is 46.9 Å². The van der Waals surface area contributed by atoms with Gasteiger partial charge in [0.1, 0.15) is 5.82 Å². The van der Waals surface area contributed by atoms with Crippen LogP contribution in [0.25, 0.3) is 0 Å². The molecule has 6 N–H and O–H groups in total. The Morgan fingerprint density at radius 2 is 2.19 bits per heavy atom. The molecule has 11 nitrogen and oxygen atoms in total. The molecule has 0 atom stereocenters. The van der Waals surface area contributed by atoms with Crippen LogP contribution in [0.15, 0.2) is 37.3 Å². The number of carbonyl (C=O) groups excluding carboxylic acids is 1. The van der Waals surface area contributed by atoms with Crippen molar-refractivity contribution in [1.29, 1.82) is 0 Å². The number of hydrogen-bond acceptors (Lipinski definition) is 8. The van der Waals surface area contributed by atoms with Gasteiger partial charge < -0.3 is 11.1 Å². The van der Waals surface area contributed by atoms with Crippen molar-refractivity contribution in [1.82, 2.24) is 21.1 Å². The molecule has 1 aromatic heterocycles. The summed E-state index contributed by atoms with van der Waals surface area (Å²) in [6.45, 7) is 0.822. The summed E-state index contributed by atoms with van der Waals surface area (Å²) >= 11 is 3.08. The van der Waals surface area contributed by atoms with Crippen molar-refractivity contribution >= 4 is 45.1 Å². The zero-order valence-corrected chi connectivity index (χ0v) is 18.0. The molecule has 1 fully saturated rings. The van der Waals surface area contributed by atoms with Gasteiger partial charge >= 0.3 is 0 Å². The van der Waals surface area contributed by atoms with Gasteiger partial charge in [-0.05, 0) is 63.7 Å². The molecule has 1 aliphatic rings. The zero-order valence-electron chi connectivity index (χ0n) is 16.4. The average Bonchev–Trinajstić information content (AvgIpc) is 3.15. The smallest absolute Gasteiger partial charge is 0.229 e. The van der Waals surface area contributed by atoms with Gasteiger partial charge in [-0.15, -0.1) is 0 Å². The maximum absolute atomic E-state index is 13.4. The average molecular weight is 497 g/mol. The van der Waals surface area contributed by atoms with Crippen LogP contribution in [0.4, 0.5) is 15.9 Å². The predicted molar refractivity (Wildman–Crippen MR) is 115 cm³/mol. The maximum atomic E-state index is 13.4. The largest absolute Gasteiger partial charge is 0.370 e. The first-order chi connectivity index (χ1) is 15.0. The van der Waals surface area contributed by atoms with E-state index in [1.807, 2.05) is 5.48 Å². The molecule has 2 aromatic rings. The van der Waals surface area contributed by atoms with Crippen LogP contribution >= 0.6 is 15.9 Å². The Bertz CT molecular complexity index is 976. The van der Waals surface area contributed by atoms with Gasteiger partial charge in [0.2, 0.25) is 11.7 Å². The van der Waals surface area contributed by atoms with Crippen molar-refractivity contribution < 1.29 is 19.0 Å². The van der Waals surface area contributed by atoms with Crippen LogP contribution in [0.2, 0.25) is 0 Å². The van der Waals surface area contributed by atoms with E-state index >= 15 is 0 Å². The number of benzene rings is 1. The Balaban J connectivity index is 1.52. The molecule has 0 saturated heterocycles. The zero-order chi connectivity index (χ0) is 22.2. The molecule has 1 heterocycles. The number of amides is 1. The summed E-state index contributed by atoms with van der Waals surface area (Å²) in [5.41, 5.74) is 8.17. The highest BCUT2D eigenvalue weighted by Crippen LogP contribution is 2.26. The van der Waals surface area contributed by atoms with Crippen molar-refractivity contribution in [2.24, 2.45) is 21.6 Å². The Morgan fingerprint density at radius 1 is 1.39 bits per heavy atom. The molecule has 1 aliphatic carbocycles. The summed E-state index contributed by atoms with van der Waals surface area (Å²) < 4.78 is 18.3. The van der Waals surface area contributed by atoms with Gasteiger partial charge in [0.25, 0.3) is 0 Å². The third-order valence-electron chi connectivity index (χ3n) is 4.60. The van der Waals surface area contributed by atoms with Gasteiger partial charge in [-0.25, -0.2) is 14.0 Å². The Morgan fingerprint density at radius 3 is 2.87 bits per heavy atom. The first kappa shape index (κ1) is 22.6. The van der Waals surface area contributed by atoms with Gasteiger partial charge in [0.05, 0.1) is 10.2 Å². The van der Waals surface area contributed by atoms with Crippen LogP contribution in [0.5, 0.6) is 0 Å². The van der Waals surface area contributed by atoms with Crippen LogP contribution in [0, 0.1) is 11.7 Å². The number of anilines is 1. The summed E-state index contributed by atoms with van der Waals surface area (Å²) in [4.78, 5) is 20.1. The Labute approximate surface area is 185 Å². The van der Waals surface area contributed by atoms with E-state index in [1.165, 1.54) is 18.2 Å². The number of carbonyl (C=O) groups is 1. The predicted octanol–water partition coefficient (Wildman–Crippen LogP) is 2.06. The van der Waals surface area contributed by atoms with Crippen LogP contribution in [-0.4, -0.2) is 46.3 Å². The highest BCUT2D eigenvalue weighted by molar-refractivity contribution is 9.10. The first-order valence-corrected chi connectivity index (χ1v) is 10.4. The molecule has 1 aromatic carbocycles. The van der Waals surface area contributed by atoms with Crippen LogP contribution < -0.4 is 21.8 Å². The van der Waals surface area contributed by atoms with Crippen molar-refractivity contribution in [3.63, 3.8) is 0 Å². The molecule has 166 valence electrons. The lowest BCUT2D eigenvalue weighted by molar-refractivity contribution is -0.125. The summed E-state index contributed by atoms with van der Waals surface area (Å²) in [5, 5.41) is 22.5. The monoisotopic (exact) mass is 496 g/mol. The Kier molecular flexibility index (Phi) is 7.89. The number of guanidine groups is 1. The number of amidine groups is 1. The molecule has 3 rings (SSSR count). The number of hydrogen-bond donors (Lipinski definition) is 5. The SMILES string of the molecule is NC(=NCCCNc1nonc1C(=Nc1ccc(F)c(Br)c1)NO)NC(=O)C1CCC1. The van der Waals surface area contributed by atoms with Crippen molar-refractivity contribution in [2.75, 3.05) is 18.4 Å². The van der Waals surface area contributed by atoms with Gasteiger partial charge in [0.15, 0.2) is 17.5 Å². The standard InChI is InChI=1S/C18H22BrFN8O3/c19-12-9-11(5-6-13(12)20)24-16(26-30)14-15(28-31-27-14)22-7-2-8-23-18(21)25-17(29)10-3-1-4-10/h5-6,9-10,30H,1-4,7-8H2,(H,22,28)(H,24,26)(H3,21,23,25,29). The van der Waals surface area contributed by atoms with E-state index in [-0.39, 0.29) is 39.6 Å². The lowest BCUT2D eigenvalue weighted by atomic mass is 9.85. The second-order valence-corrected chi connectivity index (χ2v) is 7.65. The van der Waals surface area contributed by atoms with Crippen LogP contribution in [0.3, 0.4) is 0 Å². The highest BCUT2D eigenvalue weighted by atomic mass is 79.9. The maximum Gasteiger partial charge on any atom is 0.229 e. The molecule has 0 aliphatic heterocycles. The second kappa shape index (κ2) is 10.8. The minimum atomic E-state index is -0.436. The van der Waals surface area contributed by atoms with E-state index in [0.717, 1.165) is 19.3 Å². The number of nitrogens with zero attached hydrogens (tertiary/aromatic N) is 4. The number of aliphatic imine (C=N–C) groups is 2. The molecule has 0 radical (unpaired) electrons. The Hall–Kier alpha value is -3.06. The van der Waals surface area contributed by atoms with Crippen molar-refractivity contribution in [3.8, 4) is 0 Å². The third-order valence-corrected chi connectivity index (χ3v) is 5.21. The van der Waals surface area contributed by atoms with Crippen LogP contribution in [-0.2, 0) is 4.79 Å². The molecule has 0 spiro atoms. The van der Waals surface area contributed by atoms with Crippen molar-refractivity contribution in [2.45, 2.75) is 25.7 Å². The third kappa shape index (κ3) is 6.21. The minimum absolute atomic E-state index is 0.0387. The van der Waals surface area contributed by atoms with E-state index < -0.39 is 5.82 Å². The lowest BCUT2D eigenvalue weighted by Crippen LogP contribution is -2.42. The number of aromatic nitrogens is 2. The first-order valence-electron chi connectivity index (χ1n) is 9.59. The van der Waals surface area contributed by atoms with Gasteiger partial charge in [0, 0.05) is 19.0 Å². The number of hydroxylamine groups is 1. The van der Waals surface area contributed by atoms with Gasteiger partial charge in [-0.2, -0.15) is 0 Å². The molecule has 1 saturated carbocycles. The van der Waals surface area contributed by atoms with E-state index in [9.17, 15) is 14.4 Å². The number of halogens is 2. The van der Waals surface area contributed by atoms with Gasteiger partial charge in [-0.3, -0.25) is 25.8 Å². The molecule has 31 heavy (non-hydrogen) atoms. The number of nitrogens with two attached hydrogens (primary N) is 1. The summed E-state index contributed by atoms with van der Waals surface area (Å²) in [7, 11) is 0. The quantitative estimate of drug-likeness (QED) is 0.160. The van der Waals surface area contributed by atoms with E-state index in [4.69, 9.17) is 10.4 Å². The summed E-state index contributed by atoms with van der Waals surface area (Å²) in [5.74, 6) is -0.167. The highest BCUT2D eigenvalue weighted by Gasteiger charge is 2.25. The lowest BCUT2D eigenvalue weighted by Gasteiger charge is -2.23. The number of nitrogens with one attached hydrogen (secondary N) is 3. The molecule has 0 unspecified atom stereocenters. The molecule has 1 amide bonds. The topological polar surface area (TPSA) is 163 Å². The second-order valence-electron chi connectivity index (χ2n) is 6.80. The number of rotatable bonds is 8. The molecule has 13 heteroatoms. The van der Waals surface area contributed by atoms with E-state index in [1.54, 1.807) is 0 Å². The van der Waals surface area contributed by atoms with E-state index in [0.29, 0.717) is 25.2 Å². The minimum Gasteiger partial charge on any atom is -0.370 e. The molecular formula is C18H22BrFN8O3. The fourth-order valence-electron chi connectivity index (χ4n) is 2.70. The van der Waals surface area contributed by atoms with Crippen LogP contribution in [0.1, 0.15) is 31.4 Å². The molecular weight excluding hydrogens is 475 g/mol.